The van der Waals surface area contributed by atoms with E-state index in [4.69, 9.17) is 16.3 Å². The molecule has 1 aromatic carbocycles. The predicted octanol–water partition coefficient (Wildman–Crippen LogP) is 3.13. The van der Waals surface area contributed by atoms with Crippen molar-refractivity contribution >= 4 is 28.8 Å². The van der Waals surface area contributed by atoms with Crippen molar-refractivity contribution in [2.24, 2.45) is 0 Å². The topological polar surface area (TPSA) is 60.3 Å². The van der Waals surface area contributed by atoms with Crippen molar-refractivity contribution in [3.8, 4) is 0 Å². The van der Waals surface area contributed by atoms with E-state index in [1.807, 2.05) is 30.5 Å². The van der Waals surface area contributed by atoms with Gasteiger partial charge >= 0.3 is 4.87 Å². The van der Waals surface area contributed by atoms with Crippen molar-refractivity contribution in [2.45, 2.75) is 38.1 Å². The van der Waals surface area contributed by atoms with Crippen molar-refractivity contribution < 1.29 is 9.53 Å². The molecule has 1 aliphatic rings. The maximum Gasteiger partial charge on any atom is 0.307 e. The Bertz CT molecular complexity index is 824. The second kappa shape index (κ2) is 8.37. The molecule has 2 heterocycles. The van der Waals surface area contributed by atoms with Gasteiger partial charge in [-0.05, 0) is 37.5 Å². The van der Waals surface area contributed by atoms with E-state index < -0.39 is 0 Å². The van der Waals surface area contributed by atoms with Gasteiger partial charge in [0, 0.05) is 54.2 Å². The zero-order valence-corrected chi connectivity index (χ0v) is 16.4. The van der Waals surface area contributed by atoms with Gasteiger partial charge in [0.25, 0.3) is 0 Å². The summed E-state index contributed by atoms with van der Waals surface area (Å²) in [6, 6.07) is 7.85. The SMILES string of the molecule is Cc1csc(=O)n1CCC(=O)NCC1(c2cccc(Cl)c2)CCOCC1. The lowest BCUT2D eigenvalue weighted by Crippen LogP contribution is -2.44. The highest BCUT2D eigenvalue weighted by molar-refractivity contribution is 7.07. The van der Waals surface area contributed by atoms with Crippen molar-refractivity contribution in [3.05, 3.63) is 55.6 Å². The number of aromatic nitrogens is 1. The van der Waals surface area contributed by atoms with Crippen molar-refractivity contribution in [3.63, 3.8) is 0 Å². The maximum absolute atomic E-state index is 12.4. The number of thiazole rings is 1. The molecule has 0 atom stereocenters. The monoisotopic (exact) mass is 394 g/mol. The molecule has 1 saturated heterocycles. The van der Waals surface area contributed by atoms with Crippen LogP contribution < -0.4 is 10.2 Å². The number of halogens is 1. The largest absolute Gasteiger partial charge is 0.381 e. The van der Waals surface area contributed by atoms with Crippen molar-refractivity contribution in [2.75, 3.05) is 19.8 Å². The van der Waals surface area contributed by atoms with Crippen molar-refractivity contribution in [1.29, 1.82) is 0 Å². The molecule has 1 aromatic heterocycles. The lowest BCUT2D eigenvalue weighted by molar-refractivity contribution is -0.121. The van der Waals surface area contributed by atoms with Crippen LogP contribution in [-0.2, 0) is 21.5 Å². The molecule has 2 aromatic rings. The first-order valence-corrected chi connectivity index (χ1v) is 10.0. The summed E-state index contributed by atoms with van der Waals surface area (Å²) in [5, 5.41) is 5.58. The smallest absolute Gasteiger partial charge is 0.307 e. The second-order valence-electron chi connectivity index (χ2n) is 6.72. The van der Waals surface area contributed by atoms with Crippen LogP contribution in [0.5, 0.6) is 0 Å². The maximum atomic E-state index is 12.4. The fraction of sp³-hybridized carbons (Fsp3) is 0.474. The van der Waals surface area contributed by atoms with Gasteiger partial charge < -0.3 is 14.6 Å². The molecule has 0 radical (unpaired) electrons. The number of nitrogens with zero attached hydrogens (tertiary/aromatic N) is 1. The minimum atomic E-state index is -0.159. The molecule has 5 nitrogen and oxygen atoms in total. The molecule has 1 fully saturated rings. The van der Waals surface area contributed by atoms with Crippen LogP contribution in [0.1, 0.15) is 30.5 Å². The number of rotatable bonds is 6. The third-order valence-electron chi connectivity index (χ3n) is 5.05. The second-order valence-corrected chi connectivity index (χ2v) is 7.98. The first-order valence-electron chi connectivity index (χ1n) is 8.76. The number of carbonyl (C=O) groups excluding carboxylic acids is 1. The van der Waals surface area contributed by atoms with Gasteiger partial charge in [0.1, 0.15) is 0 Å². The lowest BCUT2D eigenvalue weighted by Gasteiger charge is -2.38. The normalized spacial score (nSPS) is 16.4. The number of benzene rings is 1. The summed E-state index contributed by atoms with van der Waals surface area (Å²) < 4.78 is 7.17. The summed E-state index contributed by atoms with van der Waals surface area (Å²) in [5.41, 5.74) is 1.87. The van der Waals surface area contributed by atoms with E-state index in [2.05, 4.69) is 11.4 Å². The highest BCUT2D eigenvalue weighted by atomic mass is 35.5. The molecule has 0 aliphatic carbocycles. The van der Waals surface area contributed by atoms with Crippen LogP contribution in [0.25, 0.3) is 0 Å². The van der Waals surface area contributed by atoms with Crippen LogP contribution in [0.2, 0.25) is 5.02 Å². The zero-order chi connectivity index (χ0) is 18.6. The Morgan fingerprint density at radius 3 is 2.81 bits per heavy atom. The van der Waals surface area contributed by atoms with Gasteiger partial charge in [0.2, 0.25) is 5.91 Å². The summed E-state index contributed by atoms with van der Waals surface area (Å²) in [7, 11) is 0. The van der Waals surface area contributed by atoms with E-state index in [9.17, 15) is 9.59 Å². The van der Waals surface area contributed by atoms with Gasteiger partial charge in [-0.1, -0.05) is 35.1 Å². The van der Waals surface area contributed by atoms with Gasteiger partial charge in [0.05, 0.1) is 0 Å². The first kappa shape index (κ1) is 19.1. The summed E-state index contributed by atoms with van der Waals surface area (Å²) >= 11 is 7.34. The molecule has 26 heavy (non-hydrogen) atoms. The fourth-order valence-corrected chi connectivity index (χ4v) is 4.34. The molecule has 1 aliphatic heterocycles. The van der Waals surface area contributed by atoms with Gasteiger partial charge in [-0.3, -0.25) is 9.59 Å². The van der Waals surface area contributed by atoms with E-state index in [0.717, 1.165) is 24.1 Å². The minimum Gasteiger partial charge on any atom is -0.381 e. The van der Waals surface area contributed by atoms with E-state index >= 15 is 0 Å². The average molecular weight is 395 g/mol. The summed E-state index contributed by atoms with van der Waals surface area (Å²) in [6.07, 6.45) is 1.98. The highest BCUT2D eigenvalue weighted by Crippen LogP contribution is 2.35. The Labute approximate surface area is 161 Å². The molecule has 0 bridgehead atoms. The van der Waals surface area contributed by atoms with Crippen LogP contribution >= 0.6 is 22.9 Å². The molecule has 0 unspecified atom stereocenters. The van der Waals surface area contributed by atoms with Gasteiger partial charge in [-0.2, -0.15) is 0 Å². The predicted molar refractivity (Wildman–Crippen MR) is 104 cm³/mol. The molecule has 7 heteroatoms. The third-order valence-corrected chi connectivity index (χ3v) is 6.17. The van der Waals surface area contributed by atoms with Crippen LogP contribution in [0, 0.1) is 6.92 Å². The Balaban J connectivity index is 1.64. The van der Waals surface area contributed by atoms with Gasteiger partial charge in [-0.25, -0.2) is 0 Å². The highest BCUT2D eigenvalue weighted by Gasteiger charge is 2.35. The van der Waals surface area contributed by atoms with E-state index in [0.29, 0.717) is 37.7 Å². The molecule has 1 amide bonds. The van der Waals surface area contributed by atoms with Gasteiger partial charge in [0.15, 0.2) is 0 Å². The lowest BCUT2D eigenvalue weighted by atomic mass is 9.74. The summed E-state index contributed by atoms with van der Waals surface area (Å²) in [4.78, 5) is 24.1. The van der Waals surface area contributed by atoms with Crippen LogP contribution in [0.4, 0.5) is 0 Å². The standard InChI is InChI=1S/C19H23ClN2O3S/c1-14-12-26-18(24)22(14)8-5-17(23)21-13-19(6-9-25-10-7-19)15-3-2-4-16(20)11-15/h2-4,11-12H,5-10,13H2,1H3,(H,21,23). The zero-order valence-electron chi connectivity index (χ0n) is 14.8. The molecule has 3 rings (SSSR count). The Hall–Kier alpha value is -1.63. The van der Waals surface area contributed by atoms with Crippen LogP contribution in [-0.4, -0.2) is 30.2 Å². The number of aryl methyl sites for hydroxylation is 1. The summed E-state index contributed by atoms with van der Waals surface area (Å²) in [6.45, 7) is 4.18. The molecule has 140 valence electrons. The Kier molecular flexibility index (Phi) is 6.16. The van der Waals surface area contributed by atoms with Crippen molar-refractivity contribution in [1.82, 2.24) is 9.88 Å². The van der Waals surface area contributed by atoms with Crippen LogP contribution in [0.3, 0.4) is 0 Å². The number of carbonyl (C=O) groups is 1. The van der Waals surface area contributed by atoms with Gasteiger partial charge in [-0.15, -0.1) is 0 Å². The summed E-state index contributed by atoms with van der Waals surface area (Å²) in [5.74, 6) is -0.0459. The quantitative estimate of drug-likeness (QED) is 0.818. The van der Waals surface area contributed by atoms with E-state index in [1.165, 1.54) is 11.3 Å². The molecule has 0 spiro atoms. The first-order chi connectivity index (χ1) is 12.5. The van der Waals surface area contributed by atoms with Crippen LogP contribution in [0.15, 0.2) is 34.4 Å². The Morgan fingerprint density at radius 1 is 1.38 bits per heavy atom. The third kappa shape index (κ3) is 4.37. The average Bonchev–Trinajstić information content (AvgIpc) is 2.97. The molecular formula is C19H23ClN2O3S. The number of amides is 1. The van der Waals surface area contributed by atoms with E-state index in [1.54, 1.807) is 4.57 Å². The van der Waals surface area contributed by atoms with E-state index in [-0.39, 0.29) is 16.2 Å². The minimum absolute atomic E-state index is 0.0184. The fourth-order valence-electron chi connectivity index (χ4n) is 3.39. The Morgan fingerprint density at radius 2 is 2.15 bits per heavy atom. The molecule has 0 saturated carbocycles. The number of hydrogen-bond acceptors (Lipinski definition) is 4. The molecule has 1 N–H and O–H groups in total. The number of hydrogen-bond donors (Lipinski definition) is 1. The molecular weight excluding hydrogens is 372 g/mol. The number of ether oxygens (including phenoxy) is 1. The number of nitrogens with one attached hydrogen (secondary N) is 1.